The quantitative estimate of drug-likeness (QED) is 0.626. The predicted molar refractivity (Wildman–Crippen MR) is 89.3 cm³/mol. The topological polar surface area (TPSA) is 89.4 Å². The molecule has 2 aromatic carbocycles. The highest BCUT2D eigenvalue weighted by molar-refractivity contribution is 5.97. The first-order valence-electron chi connectivity index (χ1n) is 7.02. The van der Waals surface area contributed by atoms with Gasteiger partial charge in [0.1, 0.15) is 5.75 Å². The summed E-state index contributed by atoms with van der Waals surface area (Å²) in [6, 6.07) is 9.62. The van der Waals surface area contributed by atoms with Crippen molar-refractivity contribution >= 4 is 12.1 Å². The van der Waals surface area contributed by atoms with E-state index < -0.39 is 5.91 Å². The SMILES string of the molecule is COc1ccc(C=NNC(=O)c2ccccc2O)c(OC)c1OC. The number of aromatic hydroxyl groups is 1. The van der Waals surface area contributed by atoms with Gasteiger partial charge in [0.05, 0.1) is 33.1 Å². The molecule has 0 heterocycles. The van der Waals surface area contributed by atoms with Gasteiger partial charge in [0.15, 0.2) is 11.5 Å². The number of methoxy groups -OCH3 is 3. The predicted octanol–water partition coefficient (Wildman–Crippen LogP) is 2.18. The lowest BCUT2D eigenvalue weighted by molar-refractivity contribution is 0.0952. The van der Waals surface area contributed by atoms with Gasteiger partial charge >= 0.3 is 0 Å². The molecular weight excluding hydrogens is 312 g/mol. The van der Waals surface area contributed by atoms with Gasteiger partial charge in [-0.1, -0.05) is 12.1 Å². The molecule has 0 fully saturated rings. The lowest BCUT2D eigenvalue weighted by Gasteiger charge is -2.13. The first kappa shape index (κ1) is 17.1. The average molecular weight is 330 g/mol. The minimum absolute atomic E-state index is 0.117. The maximum Gasteiger partial charge on any atom is 0.275 e. The van der Waals surface area contributed by atoms with Gasteiger partial charge in [0.25, 0.3) is 5.91 Å². The van der Waals surface area contributed by atoms with Crippen molar-refractivity contribution in [2.24, 2.45) is 5.10 Å². The van der Waals surface area contributed by atoms with Crippen LogP contribution in [0, 0.1) is 0 Å². The maximum absolute atomic E-state index is 12.0. The van der Waals surface area contributed by atoms with Crippen molar-refractivity contribution < 1.29 is 24.1 Å². The molecule has 126 valence electrons. The molecule has 0 radical (unpaired) electrons. The number of nitrogens with zero attached hydrogens (tertiary/aromatic N) is 1. The van der Waals surface area contributed by atoms with Crippen LogP contribution in [-0.4, -0.2) is 38.6 Å². The standard InChI is InChI=1S/C17H18N2O5/c1-22-14-9-8-11(15(23-2)16(14)24-3)10-18-19-17(21)12-6-4-5-7-13(12)20/h4-10,20H,1-3H3,(H,19,21). The molecule has 7 nitrogen and oxygen atoms in total. The monoisotopic (exact) mass is 330 g/mol. The number of amides is 1. The molecule has 0 saturated carbocycles. The molecule has 0 bridgehead atoms. The number of nitrogens with one attached hydrogen (secondary N) is 1. The van der Waals surface area contributed by atoms with E-state index in [0.29, 0.717) is 22.8 Å². The largest absolute Gasteiger partial charge is 0.507 e. The first-order valence-corrected chi connectivity index (χ1v) is 7.02. The number of rotatable bonds is 6. The number of carbonyl (C=O) groups excluding carboxylic acids is 1. The number of hydrogen-bond donors (Lipinski definition) is 2. The molecule has 0 aliphatic carbocycles. The molecule has 7 heteroatoms. The zero-order chi connectivity index (χ0) is 17.5. The Morgan fingerprint density at radius 2 is 1.75 bits per heavy atom. The third kappa shape index (κ3) is 3.57. The Morgan fingerprint density at radius 1 is 1.04 bits per heavy atom. The minimum atomic E-state index is -0.524. The molecular formula is C17H18N2O5. The summed E-state index contributed by atoms with van der Waals surface area (Å²) < 4.78 is 15.8. The number of hydrogen-bond acceptors (Lipinski definition) is 6. The average Bonchev–Trinajstić information content (AvgIpc) is 2.61. The third-order valence-electron chi connectivity index (χ3n) is 3.25. The van der Waals surface area contributed by atoms with E-state index >= 15 is 0 Å². The minimum Gasteiger partial charge on any atom is -0.507 e. The van der Waals surface area contributed by atoms with E-state index in [0.717, 1.165) is 0 Å². The fourth-order valence-electron chi connectivity index (χ4n) is 2.11. The number of hydrazone groups is 1. The lowest BCUT2D eigenvalue weighted by atomic mass is 10.2. The highest BCUT2D eigenvalue weighted by Gasteiger charge is 2.15. The molecule has 0 saturated heterocycles. The van der Waals surface area contributed by atoms with E-state index in [-0.39, 0.29) is 11.3 Å². The van der Waals surface area contributed by atoms with Gasteiger partial charge in [-0.3, -0.25) is 4.79 Å². The van der Waals surface area contributed by atoms with E-state index in [1.54, 1.807) is 24.3 Å². The molecule has 2 N–H and O–H groups in total. The number of phenols is 1. The number of para-hydroxylation sites is 1. The van der Waals surface area contributed by atoms with Gasteiger partial charge in [0, 0.05) is 5.56 Å². The second kappa shape index (κ2) is 7.87. The Hall–Kier alpha value is -3.22. The van der Waals surface area contributed by atoms with Gasteiger partial charge in [0.2, 0.25) is 5.75 Å². The van der Waals surface area contributed by atoms with Crippen LogP contribution in [0.15, 0.2) is 41.5 Å². The second-order valence-corrected chi connectivity index (χ2v) is 4.64. The van der Waals surface area contributed by atoms with Gasteiger partial charge < -0.3 is 19.3 Å². The summed E-state index contributed by atoms with van der Waals surface area (Å²) in [4.78, 5) is 12.0. The molecule has 1 amide bonds. The Morgan fingerprint density at radius 3 is 2.38 bits per heavy atom. The number of phenolic OH excluding ortho intramolecular Hbond substituents is 1. The van der Waals surface area contributed by atoms with E-state index in [4.69, 9.17) is 14.2 Å². The molecule has 0 aliphatic heterocycles. The third-order valence-corrected chi connectivity index (χ3v) is 3.25. The Kier molecular flexibility index (Phi) is 5.62. The lowest BCUT2D eigenvalue weighted by Crippen LogP contribution is -2.17. The van der Waals surface area contributed by atoms with Crippen LogP contribution in [0.25, 0.3) is 0 Å². The molecule has 0 atom stereocenters. The zero-order valence-electron chi connectivity index (χ0n) is 13.6. The fraction of sp³-hybridized carbons (Fsp3) is 0.176. The van der Waals surface area contributed by atoms with Gasteiger partial charge in [-0.2, -0.15) is 5.10 Å². The Balaban J connectivity index is 2.20. The summed E-state index contributed by atoms with van der Waals surface area (Å²) in [7, 11) is 4.52. The van der Waals surface area contributed by atoms with Crippen LogP contribution in [0.5, 0.6) is 23.0 Å². The van der Waals surface area contributed by atoms with Crippen molar-refractivity contribution in [3.8, 4) is 23.0 Å². The van der Waals surface area contributed by atoms with Crippen molar-refractivity contribution in [1.29, 1.82) is 0 Å². The van der Waals surface area contributed by atoms with Crippen LogP contribution in [0.4, 0.5) is 0 Å². The molecule has 0 unspecified atom stereocenters. The van der Waals surface area contributed by atoms with Crippen LogP contribution in [-0.2, 0) is 0 Å². The Bertz CT molecular complexity index is 759. The van der Waals surface area contributed by atoms with E-state index in [2.05, 4.69) is 10.5 Å². The molecule has 2 aromatic rings. The van der Waals surface area contributed by atoms with Crippen molar-refractivity contribution in [3.63, 3.8) is 0 Å². The fourth-order valence-corrected chi connectivity index (χ4v) is 2.11. The maximum atomic E-state index is 12.0. The van der Waals surface area contributed by atoms with Crippen molar-refractivity contribution in [2.45, 2.75) is 0 Å². The van der Waals surface area contributed by atoms with Crippen molar-refractivity contribution in [1.82, 2.24) is 5.43 Å². The molecule has 0 aliphatic rings. The van der Waals surface area contributed by atoms with Gasteiger partial charge in [-0.05, 0) is 24.3 Å². The number of ether oxygens (including phenoxy) is 3. The van der Waals surface area contributed by atoms with Crippen LogP contribution < -0.4 is 19.6 Å². The number of carbonyl (C=O) groups is 1. The summed E-state index contributed by atoms with van der Waals surface area (Å²) in [6.45, 7) is 0. The molecule has 2 rings (SSSR count). The number of benzene rings is 2. The summed E-state index contributed by atoms with van der Waals surface area (Å²) in [5.41, 5.74) is 3.07. The molecule has 0 spiro atoms. The van der Waals surface area contributed by atoms with Crippen molar-refractivity contribution in [3.05, 3.63) is 47.5 Å². The van der Waals surface area contributed by atoms with Crippen LogP contribution >= 0.6 is 0 Å². The Labute approximate surface area is 139 Å². The summed E-state index contributed by atoms with van der Waals surface area (Å²) in [6.07, 6.45) is 1.42. The normalized spacial score (nSPS) is 10.5. The van der Waals surface area contributed by atoms with Gasteiger partial charge in [-0.15, -0.1) is 0 Å². The smallest absolute Gasteiger partial charge is 0.275 e. The van der Waals surface area contributed by atoms with E-state index in [1.165, 1.54) is 39.7 Å². The van der Waals surface area contributed by atoms with Crippen LogP contribution in [0.2, 0.25) is 0 Å². The van der Waals surface area contributed by atoms with Crippen molar-refractivity contribution in [2.75, 3.05) is 21.3 Å². The first-order chi connectivity index (χ1) is 11.6. The molecule has 24 heavy (non-hydrogen) atoms. The highest BCUT2D eigenvalue weighted by atomic mass is 16.5. The van der Waals surface area contributed by atoms with E-state index in [1.807, 2.05) is 0 Å². The van der Waals surface area contributed by atoms with Crippen LogP contribution in [0.3, 0.4) is 0 Å². The zero-order valence-corrected chi connectivity index (χ0v) is 13.6. The second-order valence-electron chi connectivity index (χ2n) is 4.64. The summed E-state index contributed by atoms with van der Waals surface area (Å²) in [5, 5.41) is 13.5. The van der Waals surface area contributed by atoms with Gasteiger partial charge in [-0.25, -0.2) is 5.43 Å². The highest BCUT2D eigenvalue weighted by Crippen LogP contribution is 2.38. The summed E-state index contributed by atoms with van der Waals surface area (Å²) in [5.74, 6) is 0.732. The van der Waals surface area contributed by atoms with Crippen LogP contribution in [0.1, 0.15) is 15.9 Å². The summed E-state index contributed by atoms with van der Waals surface area (Å²) >= 11 is 0. The molecule has 0 aromatic heterocycles. The van der Waals surface area contributed by atoms with E-state index in [9.17, 15) is 9.90 Å².